The van der Waals surface area contributed by atoms with Gasteiger partial charge >= 0.3 is 0 Å². The van der Waals surface area contributed by atoms with Gasteiger partial charge in [-0.2, -0.15) is 20.7 Å². The minimum Gasteiger partial charge on any atom is -0.233 e. The van der Waals surface area contributed by atoms with Crippen molar-refractivity contribution in [2.45, 2.75) is 47.0 Å². The van der Waals surface area contributed by atoms with Gasteiger partial charge in [0.1, 0.15) is 0 Å². The number of nitrogens with zero attached hydrogens (tertiary/aromatic N) is 6. The Kier molecular flexibility index (Phi) is 9.30. The number of fused-ring (bicyclic) bond motifs is 2. The van der Waals surface area contributed by atoms with Crippen LogP contribution >= 0.6 is 0 Å². The second kappa shape index (κ2) is 13.2. The van der Waals surface area contributed by atoms with E-state index in [2.05, 4.69) is 79.5 Å². The van der Waals surface area contributed by atoms with E-state index in [1.807, 2.05) is 84.1 Å². The molecule has 0 amide bonds. The topological polar surface area (TPSA) is 83.2 Å². The molecule has 2 aromatic heterocycles. The van der Waals surface area contributed by atoms with Crippen LogP contribution in [0.25, 0.3) is 33.2 Å². The van der Waals surface area contributed by atoms with E-state index in [-0.39, 0.29) is 0 Å². The van der Waals surface area contributed by atoms with Gasteiger partial charge in [0.05, 0.1) is 58.1 Å². The zero-order chi connectivity index (χ0) is 29.4. The van der Waals surface area contributed by atoms with Crippen molar-refractivity contribution < 1.29 is 0 Å². The Bertz CT molecular complexity index is 1830. The van der Waals surface area contributed by atoms with Crippen molar-refractivity contribution in [1.82, 2.24) is 19.6 Å². The number of benzene rings is 4. The molecule has 0 aliphatic heterocycles. The minimum absolute atomic E-state index is 0.438. The molecule has 0 aliphatic rings. The third-order valence-electron chi connectivity index (χ3n) is 6.77. The van der Waals surface area contributed by atoms with Crippen LogP contribution in [0.1, 0.15) is 62.8 Å². The van der Waals surface area contributed by atoms with Crippen molar-refractivity contribution >= 4 is 21.8 Å². The van der Waals surface area contributed by atoms with E-state index >= 15 is 0 Å². The molecule has 0 fully saturated rings. The molecule has 2 heterocycles. The number of para-hydroxylation sites is 1. The van der Waals surface area contributed by atoms with E-state index in [0.29, 0.717) is 17.0 Å². The van der Waals surface area contributed by atoms with Crippen molar-refractivity contribution in [2.24, 2.45) is 0 Å². The predicted octanol–water partition coefficient (Wildman–Crippen LogP) is 8.51. The number of nitriles is 2. The van der Waals surface area contributed by atoms with Crippen LogP contribution < -0.4 is 0 Å². The number of rotatable bonds is 4. The molecule has 6 rings (SSSR count). The summed E-state index contributed by atoms with van der Waals surface area (Å²) in [5, 5.41) is 28.9. The Morgan fingerprint density at radius 1 is 0.707 bits per heavy atom. The first-order valence-corrected chi connectivity index (χ1v) is 14.0. The van der Waals surface area contributed by atoms with Gasteiger partial charge in [0.25, 0.3) is 0 Å². The molecule has 4 aromatic carbocycles. The average molecular weight is 539 g/mol. The standard InChI is InChI=1S/C17H15N3.C16H13N3.C2H6/c1-12(2)16-5-3-4-14-11-19-20(17(14)16)15-8-6-13(10-18)7-9-15;1-2-12-3-6-14-11-18-19(16(14)9-12)15-7-4-13(10-17)5-8-15;1-2/h3-9,11-12H,1-2H3;3-9,11H,2H2,1H3;1-2H3. The molecule has 41 heavy (non-hydrogen) atoms. The molecular weight excluding hydrogens is 504 g/mol. The fourth-order valence-electron chi connectivity index (χ4n) is 4.61. The average Bonchev–Trinajstić information content (AvgIpc) is 3.66. The van der Waals surface area contributed by atoms with Crippen LogP contribution in [-0.2, 0) is 6.42 Å². The Balaban J connectivity index is 0.000000178. The summed E-state index contributed by atoms with van der Waals surface area (Å²) in [4.78, 5) is 0. The Hall–Kier alpha value is -5.20. The van der Waals surface area contributed by atoms with E-state index in [9.17, 15) is 0 Å². The van der Waals surface area contributed by atoms with Crippen molar-refractivity contribution in [3.8, 4) is 23.5 Å². The summed E-state index contributed by atoms with van der Waals surface area (Å²) >= 11 is 0. The van der Waals surface area contributed by atoms with Gasteiger partial charge in [-0.15, -0.1) is 0 Å². The summed E-state index contributed by atoms with van der Waals surface area (Å²) in [5.74, 6) is 0.438. The van der Waals surface area contributed by atoms with Crippen LogP contribution in [0.15, 0.2) is 97.3 Å². The third-order valence-corrected chi connectivity index (χ3v) is 6.77. The lowest BCUT2D eigenvalue weighted by Gasteiger charge is -2.11. The smallest absolute Gasteiger partial charge is 0.0991 e. The monoisotopic (exact) mass is 538 g/mol. The maximum absolute atomic E-state index is 8.88. The molecule has 6 nitrogen and oxygen atoms in total. The molecular formula is C35H34N6. The van der Waals surface area contributed by atoms with Crippen LogP contribution in [-0.4, -0.2) is 19.6 Å². The summed E-state index contributed by atoms with van der Waals surface area (Å²) < 4.78 is 3.86. The number of hydrogen-bond donors (Lipinski definition) is 0. The SMILES string of the molecule is CC.CC(C)c1cccc2cnn(-c3ccc(C#N)cc3)c12.CCc1ccc2cnn(-c3ccc(C#N)cc3)c2c1. The van der Waals surface area contributed by atoms with Crippen molar-refractivity contribution in [1.29, 1.82) is 10.5 Å². The van der Waals surface area contributed by atoms with Crippen molar-refractivity contribution in [2.75, 3.05) is 0 Å². The fourth-order valence-corrected chi connectivity index (χ4v) is 4.61. The summed E-state index contributed by atoms with van der Waals surface area (Å²) in [6.45, 7) is 10.5. The molecule has 6 heteroatoms. The molecule has 0 aliphatic carbocycles. The molecule has 0 bridgehead atoms. The van der Waals surface area contributed by atoms with Gasteiger partial charge in [0, 0.05) is 10.8 Å². The fraction of sp³-hybridized carbons (Fsp3) is 0.200. The zero-order valence-corrected chi connectivity index (χ0v) is 24.2. The summed E-state index contributed by atoms with van der Waals surface area (Å²) in [6.07, 6.45) is 4.76. The van der Waals surface area contributed by atoms with Crippen molar-refractivity contribution in [3.63, 3.8) is 0 Å². The van der Waals surface area contributed by atoms with Crippen molar-refractivity contribution in [3.05, 3.63) is 120 Å². The maximum atomic E-state index is 8.88. The van der Waals surface area contributed by atoms with Crippen LogP contribution in [0, 0.1) is 22.7 Å². The Morgan fingerprint density at radius 3 is 1.83 bits per heavy atom. The van der Waals surface area contributed by atoms with Gasteiger partial charge in [-0.05, 0) is 78.1 Å². The normalized spacial score (nSPS) is 10.3. The van der Waals surface area contributed by atoms with Crippen LogP contribution in [0.3, 0.4) is 0 Å². The predicted molar refractivity (Wildman–Crippen MR) is 166 cm³/mol. The second-order valence-electron chi connectivity index (χ2n) is 9.62. The summed E-state index contributed by atoms with van der Waals surface area (Å²) in [6, 6.07) is 31.9. The first-order valence-electron chi connectivity index (χ1n) is 14.0. The van der Waals surface area contributed by atoms with E-state index < -0.39 is 0 Å². The lowest BCUT2D eigenvalue weighted by molar-refractivity contribution is 0.848. The zero-order valence-electron chi connectivity index (χ0n) is 24.2. The van der Waals surface area contributed by atoms with Gasteiger partial charge in [-0.1, -0.05) is 65.0 Å². The Morgan fingerprint density at radius 2 is 1.27 bits per heavy atom. The lowest BCUT2D eigenvalue weighted by Crippen LogP contribution is -1.99. The van der Waals surface area contributed by atoms with Crippen LogP contribution in [0.5, 0.6) is 0 Å². The van der Waals surface area contributed by atoms with Gasteiger partial charge < -0.3 is 0 Å². The highest BCUT2D eigenvalue weighted by Gasteiger charge is 2.12. The molecule has 0 saturated heterocycles. The first kappa shape index (κ1) is 28.8. The molecule has 0 atom stereocenters. The van der Waals surface area contributed by atoms with Gasteiger partial charge in [0.15, 0.2) is 0 Å². The number of hydrogen-bond acceptors (Lipinski definition) is 4. The van der Waals surface area contributed by atoms with E-state index in [1.165, 1.54) is 11.1 Å². The number of aromatic nitrogens is 4. The van der Waals surface area contributed by atoms with Gasteiger partial charge in [-0.25, -0.2) is 9.36 Å². The molecule has 0 N–H and O–H groups in total. The van der Waals surface area contributed by atoms with Crippen LogP contribution in [0.2, 0.25) is 0 Å². The quantitative estimate of drug-likeness (QED) is 0.225. The lowest BCUT2D eigenvalue weighted by atomic mass is 10.0. The maximum Gasteiger partial charge on any atom is 0.0991 e. The third kappa shape index (κ3) is 6.19. The molecule has 0 unspecified atom stereocenters. The molecule has 0 saturated carbocycles. The first-order chi connectivity index (χ1) is 20.0. The van der Waals surface area contributed by atoms with E-state index in [4.69, 9.17) is 10.5 Å². The highest BCUT2D eigenvalue weighted by Crippen LogP contribution is 2.27. The largest absolute Gasteiger partial charge is 0.233 e. The van der Waals surface area contributed by atoms with Gasteiger partial charge in [0.2, 0.25) is 0 Å². The molecule has 0 radical (unpaired) electrons. The molecule has 204 valence electrons. The summed E-state index contributed by atoms with van der Waals surface area (Å²) in [7, 11) is 0. The highest BCUT2D eigenvalue weighted by atomic mass is 15.3. The minimum atomic E-state index is 0.438. The summed E-state index contributed by atoms with van der Waals surface area (Å²) in [5.41, 5.74) is 8.10. The Labute approximate surface area is 241 Å². The van der Waals surface area contributed by atoms with E-state index in [0.717, 1.165) is 39.6 Å². The van der Waals surface area contributed by atoms with E-state index in [1.54, 1.807) is 0 Å². The molecule has 0 spiro atoms. The second-order valence-corrected chi connectivity index (χ2v) is 9.62. The van der Waals surface area contributed by atoms with Gasteiger partial charge in [-0.3, -0.25) is 0 Å². The highest BCUT2D eigenvalue weighted by molar-refractivity contribution is 5.84. The number of aryl methyl sites for hydroxylation is 1. The van der Waals surface area contributed by atoms with Crippen LogP contribution in [0.4, 0.5) is 0 Å². The molecule has 6 aromatic rings.